The van der Waals surface area contributed by atoms with E-state index >= 15 is 0 Å². The van der Waals surface area contributed by atoms with E-state index in [1.54, 1.807) is 37.4 Å². The highest BCUT2D eigenvalue weighted by Gasteiger charge is 2.22. The van der Waals surface area contributed by atoms with Crippen LogP contribution in [0.4, 0.5) is 0 Å². The van der Waals surface area contributed by atoms with Crippen LogP contribution in [0.25, 0.3) is 0 Å². The van der Waals surface area contributed by atoms with E-state index in [0.717, 1.165) is 18.7 Å². The highest BCUT2D eigenvalue weighted by Crippen LogP contribution is 2.14. The molecule has 0 fully saturated rings. The molecule has 2 aromatic rings. The normalized spacial score (nSPS) is 16.0. The fraction of sp³-hybridized carbons (Fsp3) is 0.556. The summed E-state index contributed by atoms with van der Waals surface area (Å²) in [5.41, 5.74) is 0. The molecule has 0 saturated heterocycles. The van der Waals surface area contributed by atoms with Gasteiger partial charge in [-0.05, 0) is 17.9 Å². The highest BCUT2D eigenvalue weighted by atomic mass is 127. The van der Waals surface area contributed by atoms with Gasteiger partial charge >= 0.3 is 0 Å². The number of guanidine groups is 1. The summed E-state index contributed by atoms with van der Waals surface area (Å²) in [6, 6.07) is 4.25. The van der Waals surface area contributed by atoms with Gasteiger partial charge in [-0.1, -0.05) is 6.07 Å². The number of hydrogen-bond donors (Lipinski definition) is 2. The van der Waals surface area contributed by atoms with Crippen LogP contribution in [0.3, 0.4) is 0 Å². The molecule has 1 unspecified atom stereocenters. The molecule has 1 aliphatic heterocycles. The lowest BCUT2D eigenvalue weighted by Crippen LogP contribution is -2.47. The monoisotopic (exact) mass is 533 g/mol. The van der Waals surface area contributed by atoms with E-state index in [0.29, 0.717) is 31.5 Å². The van der Waals surface area contributed by atoms with Gasteiger partial charge in [-0.15, -0.1) is 35.3 Å². The summed E-state index contributed by atoms with van der Waals surface area (Å²) in [4.78, 5) is 23.7. The number of nitrogens with zero attached hydrogens (tertiary/aromatic N) is 5. The van der Waals surface area contributed by atoms with Crippen molar-refractivity contribution in [1.29, 1.82) is 0 Å². The number of hydrogen-bond acceptors (Lipinski definition) is 6. The van der Waals surface area contributed by atoms with Crippen LogP contribution in [0.15, 0.2) is 22.5 Å². The van der Waals surface area contributed by atoms with Crippen LogP contribution in [-0.2, 0) is 35.6 Å². The average molecular weight is 533 g/mol. The summed E-state index contributed by atoms with van der Waals surface area (Å²) in [6.07, 6.45) is 1.76. The number of thiophene rings is 1. The SMILES string of the molecule is COCc1nc2n(n1)CC(NC(=NCC(=O)N(C)C)NCc1cccs1)CC2.I. The van der Waals surface area contributed by atoms with E-state index in [2.05, 4.69) is 31.8 Å². The second kappa shape index (κ2) is 11.5. The summed E-state index contributed by atoms with van der Waals surface area (Å²) in [6.45, 7) is 1.89. The molecule has 0 bridgehead atoms. The Balaban J connectivity index is 0.00000300. The molecule has 3 rings (SSSR count). The van der Waals surface area contributed by atoms with Gasteiger partial charge in [0, 0.05) is 38.5 Å². The van der Waals surface area contributed by atoms with Crippen molar-refractivity contribution in [1.82, 2.24) is 30.3 Å². The van der Waals surface area contributed by atoms with Crippen LogP contribution in [0.5, 0.6) is 0 Å². The van der Waals surface area contributed by atoms with Crippen molar-refractivity contribution >= 4 is 47.2 Å². The Bertz CT molecular complexity index is 807. The molecule has 9 nitrogen and oxygen atoms in total. The standard InChI is InChI=1S/C18H27N7O2S.HI/c1-24(2)17(26)10-20-18(19-9-14-5-4-8-28-14)21-13-6-7-16-22-15(12-27-3)23-25(16)11-13;/h4-5,8,13H,6-7,9-12H2,1-3H3,(H2,19,20,21);1H. The lowest BCUT2D eigenvalue weighted by molar-refractivity contribution is -0.127. The second-order valence-electron chi connectivity index (χ2n) is 6.83. The Labute approximate surface area is 192 Å². The summed E-state index contributed by atoms with van der Waals surface area (Å²) < 4.78 is 7.05. The summed E-state index contributed by atoms with van der Waals surface area (Å²) >= 11 is 1.68. The van der Waals surface area contributed by atoms with E-state index in [9.17, 15) is 4.79 Å². The first kappa shape index (κ1) is 23.5. The Kier molecular flexibility index (Phi) is 9.30. The number of aryl methyl sites for hydroxylation is 1. The molecule has 2 aromatic heterocycles. The van der Waals surface area contributed by atoms with E-state index in [-0.39, 0.29) is 42.5 Å². The fourth-order valence-corrected chi connectivity index (χ4v) is 3.53. The number of amides is 1. The maximum Gasteiger partial charge on any atom is 0.243 e. The van der Waals surface area contributed by atoms with Gasteiger partial charge in [-0.3, -0.25) is 4.79 Å². The van der Waals surface area contributed by atoms with Gasteiger partial charge in [0.15, 0.2) is 11.8 Å². The molecule has 3 heterocycles. The summed E-state index contributed by atoms with van der Waals surface area (Å²) in [5.74, 6) is 2.29. The smallest absolute Gasteiger partial charge is 0.243 e. The fourth-order valence-electron chi connectivity index (χ4n) is 2.89. The van der Waals surface area contributed by atoms with E-state index in [1.807, 2.05) is 16.1 Å². The third kappa shape index (κ3) is 6.93. The molecule has 0 aromatic carbocycles. The number of nitrogens with one attached hydrogen (secondary N) is 2. The van der Waals surface area contributed by atoms with Crippen LogP contribution < -0.4 is 10.6 Å². The Morgan fingerprint density at radius 1 is 1.48 bits per heavy atom. The van der Waals surface area contributed by atoms with Gasteiger partial charge in [-0.25, -0.2) is 14.7 Å². The maximum absolute atomic E-state index is 11.9. The maximum atomic E-state index is 11.9. The second-order valence-corrected chi connectivity index (χ2v) is 7.86. The Morgan fingerprint density at radius 2 is 2.31 bits per heavy atom. The number of carbonyl (C=O) groups is 1. The molecule has 160 valence electrons. The van der Waals surface area contributed by atoms with Crippen molar-refractivity contribution in [3.63, 3.8) is 0 Å². The molecule has 2 N–H and O–H groups in total. The first-order chi connectivity index (χ1) is 13.5. The predicted octanol–water partition coefficient (Wildman–Crippen LogP) is 1.24. The molecular weight excluding hydrogens is 505 g/mol. The molecule has 11 heteroatoms. The van der Waals surface area contributed by atoms with Crippen molar-refractivity contribution < 1.29 is 9.53 Å². The largest absolute Gasteiger partial charge is 0.377 e. The molecular formula is C18H28IN7O2S. The number of methoxy groups -OCH3 is 1. The molecule has 0 aliphatic carbocycles. The lowest BCUT2D eigenvalue weighted by atomic mass is 10.1. The number of ether oxygens (including phenoxy) is 1. The number of fused-ring (bicyclic) bond motifs is 1. The van der Waals surface area contributed by atoms with Crippen molar-refractivity contribution in [3.05, 3.63) is 34.0 Å². The highest BCUT2D eigenvalue weighted by molar-refractivity contribution is 14.0. The first-order valence-corrected chi connectivity index (χ1v) is 10.1. The Hall–Kier alpha value is -1.73. The van der Waals surface area contributed by atoms with Crippen LogP contribution >= 0.6 is 35.3 Å². The molecule has 1 aliphatic rings. The Morgan fingerprint density at radius 3 is 3.00 bits per heavy atom. The number of rotatable bonds is 7. The van der Waals surface area contributed by atoms with Crippen LogP contribution in [0.1, 0.15) is 22.9 Å². The third-order valence-electron chi connectivity index (χ3n) is 4.40. The zero-order valence-corrected chi connectivity index (χ0v) is 20.1. The van der Waals surface area contributed by atoms with Crippen molar-refractivity contribution in [3.8, 4) is 0 Å². The molecule has 0 radical (unpaired) electrons. The van der Waals surface area contributed by atoms with Crippen molar-refractivity contribution in [2.45, 2.75) is 38.6 Å². The predicted molar refractivity (Wildman–Crippen MR) is 124 cm³/mol. The quantitative estimate of drug-likeness (QED) is 0.316. The molecule has 1 atom stereocenters. The minimum atomic E-state index is -0.0383. The minimum Gasteiger partial charge on any atom is -0.377 e. The van der Waals surface area contributed by atoms with E-state index in [4.69, 9.17) is 4.74 Å². The van der Waals surface area contributed by atoms with Crippen LogP contribution in [0, 0.1) is 0 Å². The third-order valence-corrected chi connectivity index (χ3v) is 5.27. The van der Waals surface area contributed by atoms with Crippen molar-refractivity contribution in [2.75, 3.05) is 27.7 Å². The average Bonchev–Trinajstić information content (AvgIpc) is 3.32. The molecule has 0 saturated carbocycles. The van der Waals surface area contributed by atoms with Crippen LogP contribution in [0.2, 0.25) is 0 Å². The number of likely N-dealkylation sites (N-methyl/N-ethyl adjacent to an activating group) is 1. The molecule has 1 amide bonds. The number of halogens is 1. The van der Waals surface area contributed by atoms with Gasteiger partial charge in [-0.2, -0.15) is 5.10 Å². The lowest BCUT2D eigenvalue weighted by Gasteiger charge is -2.25. The number of carbonyl (C=O) groups excluding carboxylic acids is 1. The molecule has 0 spiro atoms. The van der Waals surface area contributed by atoms with E-state index in [1.165, 1.54) is 4.88 Å². The number of aromatic nitrogens is 3. The van der Waals surface area contributed by atoms with Gasteiger partial charge in [0.2, 0.25) is 5.91 Å². The summed E-state index contributed by atoms with van der Waals surface area (Å²) in [7, 11) is 5.10. The first-order valence-electron chi connectivity index (χ1n) is 9.24. The van der Waals surface area contributed by atoms with Crippen LogP contribution in [-0.4, -0.2) is 65.3 Å². The zero-order chi connectivity index (χ0) is 19.9. The van der Waals surface area contributed by atoms with Gasteiger partial charge in [0.25, 0.3) is 0 Å². The van der Waals surface area contributed by atoms with E-state index < -0.39 is 0 Å². The van der Waals surface area contributed by atoms with Gasteiger partial charge in [0.1, 0.15) is 19.0 Å². The number of aliphatic imine (C=N–C) groups is 1. The van der Waals surface area contributed by atoms with Gasteiger partial charge in [0.05, 0.1) is 13.1 Å². The van der Waals surface area contributed by atoms with Gasteiger partial charge < -0.3 is 20.3 Å². The topological polar surface area (TPSA) is 96.7 Å². The minimum absolute atomic E-state index is 0. The van der Waals surface area contributed by atoms with Crippen molar-refractivity contribution in [2.24, 2.45) is 4.99 Å². The molecule has 29 heavy (non-hydrogen) atoms. The summed E-state index contributed by atoms with van der Waals surface area (Å²) in [5, 5.41) is 13.3. The zero-order valence-electron chi connectivity index (χ0n) is 16.9.